The molecule has 3 heterocycles. The smallest absolute Gasteiger partial charge is 0.144 e. The summed E-state index contributed by atoms with van der Waals surface area (Å²) in [6.07, 6.45) is 7.79. The molecule has 6 nitrogen and oxygen atoms in total. The Morgan fingerprint density at radius 1 is 1.00 bits per heavy atom. The van der Waals surface area contributed by atoms with Crippen molar-refractivity contribution in [2.45, 2.75) is 6.42 Å². The zero-order valence-corrected chi connectivity index (χ0v) is 16.2. The highest BCUT2D eigenvalue weighted by Gasteiger charge is 2.13. The van der Waals surface area contributed by atoms with Crippen LogP contribution in [0, 0.1) is 0 Å². The molecule has 2 aromatic carbocycles. The van der Waals surface area contributed by atoms with Crippen LogP contribution < -0.4 is 5.32 Å². The maximum Gasteiger partial charge on any atom is 0.144 e. The zero-order chi connectivity index (χ0) is 19.6. The van der Waals surface area contributed by atoms with Gasteiger partial charge in [-0.1, -0.05) is 29.8 Å². The van der Waals surface area contributed by atoms with Crippen molar-refractivity contribution in [3.8, 4) is 5.69 Å². The first-order valence-electron chi connectivity index (χ1n) is 9.31. The van der Waals surface area contributed by atoms with Crippen molar-refractivity contribution in [3.05, 3.63) is 84.0 Å². The second-order valence-corrected chi connectivity index (χ2v) is 7.10. The Morgan fingerprint density at radius 2 is 1.90 bits per heavy atom. The Hall–Kier alpha value is -3.51. The highest BCUT2D eigenvalue weighted by molar-refractivity contribution is 6.31. The minimum Gasteiger partial charge on any atom is -0.368 e. The van der Waals surface area contributed by atoms with Crippen LogP contribution >= 0.6 is 11.6 Å². The molecule has 142 valence electrons. The lowest BCUT2D eigenvalue weighted by Gasteiger charge is -2.07. The number of hydrogen-bond donors (Lipinski definition) is 1. The molecule has 5 aromatic rings. The van der Waals surface area contributed by atoms with Crippen molar-refractivity contribution in [1.29, 1.82) is 0 Å². The molecule has 29 heavy (non-hydrogen) atoms. The highest BCUT2D eigenvalue weighted by Crippen LogP contribution is 2.28. The van der Waals surface area contributed by atoms with E-state index in [9.17, 15) is 0 Å². The summed E-state index contributed by atoms with van der Waals surface area (Å²) in [5, 5.41) is 10.8. The SMILES string of the molecule is Clc1ccc2c(c1)nc(CCNc1cnccn1)c1cn(-c3ccccc3)nc12. The number of aromatic nitrogens is 5. The fourth-order valence-electron chi connectivity index (χ4n) is 3.39. The van der Waals surface area contributed by atoms with Crippen molar-refractivity contribution in [2.24, 2.45) is 0 Å². The van der Waals surface area contributed by atoms with Crippen molar-refractivity contribution >= 4 is 39.2 Å². The molecule has 0 spiro atoms. The van der Waals surface area contributed by atoms with Crippen molar-refractivity contribution < 1.29 is 0 Å². The van der Waals surface area contributed by atoms with Gasteiger partial charge in [0.1, 0.15) is 11.3 Å². The summed E-state index contributed by atoms with van der Waals surface area (Å²) >= 11 is 6.21. The number of benzene rings is 2. The number of nitrogens with one attached hydrogen (secondary N) is 1. The summed E-state index contributed by atoms with van der Waals surface area (Å²) < 4.78 is 1.90. The minimum absolute atomic E-state index is 0.662. The van der Waals surface area contributed by atoms with Gasteiger partial charge in [0, 0.05) is 47.4 Å². The van der Waals surface area contributed by atoms with Crippen molar-refractivity contribution in [2.75, 3.05) is 11.9 Å². The van der Waals surface area contributed by atoms with Gasteiger partial charge in [-0.15, -0.1) is 0 Å². The van der Waals surface area contributed by atoms with Gasteiger partial charge < -0.3 is 5.32 Å². The summed E-state index contributed by atoms with van der Waals surface area (Å²) in [6, 6.07) is 15.8. The lowest BCUT2D eigenvalue weighted by Crippen LogP contribution is -2.07. The fraction of sp³-hybridized carbons (Fsp3) is 0.0909. The Kier molecular flexibility index (Phi) is 4.54. The van der Waals surface area contributed by atoms with Crippen LogP contribution in [-0.4, -0.2) is 31.3 Å². The molecule has 0 saturated heterocycles. The van der Waals surface area contributed by atoms with E-state index in [1.54, 1.807) is 18.6 Å². The first kappa shape index (κ1) is 17.6. The molecule has 1 N–H and O–H groups in total. The fourth-order valence-corrected chi connectivity index (χ4v) is 3.56. The van der Waals surface area contributed by atoms with E-state index < -0.39 is 0 Å². The van der Waals surface area contributed by atoms with Crippen LogP contribution in [0.3, 0.4) is 0 Å². The molecule has 0 saturated carbocycles. The lowest BCUT2D eigenvalue weighted by molar-refractivity contribution is 0.897. The van der Waals surface area contributed by atoms with Gasteiger partial charge in [-0.25, -0.2) is 9.67 Å². The Bertz CT molecular complexity index is 1280. The molecule has 0 atom stereocenters. The topological polar surface area (TPSA) is 68.5 Å². The highest BCUT2D eigenvalue weighted by atomic mass is 35.5. The van der Waals surface area contributed by atoms with Gasteiger partial charge in [-0.2, -0.15) is 5.10 Å². The van der Waals surface area contributed by atoms with Gasteiger partial charge in [-0.05, 0) is 30.3 Å². The molecule has 3 aromatic heterocycles. The Morgan fingerprint density at radius 3 is 2.72 bits per heavy atom. The minimum atomic E-state index is 0.662. The van der Waals surface area contributed by atoms with Crippen LogP contribution in [0.25, 0.3) is 27.5 Å². The summed E-state index contributed by atoms with van der Waals surface area (Å²) in [5.41, 5.74) is 3.74. The molecular weight excluding hydrogens is 384 g/mol. The first-order chi connectivity index (χ1) is 14.3. The van der Waals surface area contributed by atoms with Crippen LogP contribution in [0.4, 0.5) is 5.82 Å². The molecule has 0 radical (unpaired) electrons. The van der Waals surface area contributed by atoms with Gasteiger partial charge in [0.15, 0.2) is 0 Å². The normalized spacial score (nSPS) is 11.2. The van der Waals surface area contributed by atoms with Crippen LogP contribution in [0.5, 0.6) is 0 Å². The summed E-state index contributed by atoms with van der Waals surface area (Å²) in [6.45, 7) is 0.684. The maximum absolute atomic E-state index is 6.21. The first-order valence-corrected chi connectivity index (χ1v) is 9.68. The molecule has 5 rings (SSSR count). The predicted molar refractivity (Wildman–Crippen MR) is 116 cm³/mol. The average molecular weight is 401 g/mol. The van der Waals surface area contributed by atoms with E-state index in [-0.39, 0.29) is 0 Å². The quantitative estimate of drug-likeness (QED) is 0.464. The standard InChI is InChI=1S/C22H17ClN6/c23-15-6-7-17-20(12-15)27-19(8-9-25-21-13-24-10-11-26-21)18-14-29(28-22(17)18)16-4-2-1-3-5-16/h1-7,10-14H,8-9H2,(H,25,26). The van der Waals surface area contributed by atoms with E-state index in [1.165, 1.54) is 0 Å². The zero-order valence-electron chi connectivity index (χ0n) is 15.5. The van der Waals surface area contributed by atoms with E-state index in [0.717, 1.165) is 45.4 Å². The van der Waals surface area contributed by atoms with Crippen molar-refractivity contribution in [3.63, 3.8) is 0 Å². The van der Waals surface area contributed by atoms with Crippen LogP contribution in [-0.2, 0) is 6.42 Å². The summed E-state index contributed by atoms with van der Waals surface area (Å²) in [4.78, 5) is 13.2. The van der Waals surface area contributed by atoms with E-state index in [4.69, 9.17) is 21.7 Å². The van der Waals surface area contributed by atoms with Gasteiger partial charge in [-0.3, -0.25) is 9.97 Å². The van der Waals surface area contributed by atoms with Crippen LogP contribution in [0.15, 0.2) is 73.3 Å². The Labute approximate surface area is 172 Å². The molecule has 7 heteroatoms. The molecule has 0 fully saturated rings. The molecule has 0 aliphatic rings. The average Bonchev–Trinajstić information content (AvgIpc) is 3.21. The number of rotatable bonds is 5. The van der Waals surface area contributed by atoms with E-state index >= 15 is 0 Å². The third-order valence-electron chi connectivity index (χ3n) is 4.75. The number of hydrogen-bond acceptors (Lipinski definition) is 5. The van der Waals surface area contributed by atoms with Gasteiger partial charge in [0.05, 0.1) is 23.1 Å². The van der Waals surface area contributed by atoms with E-state index in [1.807, 2.05) is 59.4 Å². The number of halogens is 1. The number of fused-ring (bicyclic) bond motifs is 3. The molecular formula is C22H17ClN6. The molecule has 0 aliphatic heterocycles. The second kappa shape index (κ2) is 7.48. The van der Waals surface area contributed by atoms with Gasteiger partial charge in [0.2, 0.25) is 0 Å². The lowest BCUT2D eigenvalue weighted by atomic mass is 10.1. The number of anilines is 1. The predicted octanol–water partition coefficient (Wildman–Crippen LogP) is 4.67. The van der Waals surface area contributed by atoms with Crippen LogP contribution in [0.1, 0.15) is 5.69 Å². The number of para-hydroxylation sites is 1. The van der Waals surface area contributed by atoms with Crippen LogP contribution in [0.2, 0.25) is 5.02 Å². The third-order valence-corrected chi connectivity index (χ3v) is 4.98. The Balaban J connectivity index is 1.58. The summed E-state index contributed by atoms with van der Waals surface area (Å²) in [5.74, 6) is 0.743. The van der Waals surface area contributed by atoms with E-state index in [2.05, 4.69) is 15.3 Å². The van der Waals surface area contributed by atoms with Crippen molar-refractivity contribution in [1.82, 2.24) is 24.7 Å². The molecule has 0 bridgehead atoms. The van der Waals surface area contributed by atoms with Gasteiger partial charge >= 0.3 is 0 Å². The number of pyridine rings is 1. The largest absolute Gasteiger partial charge is 0.368 e. The third kappa shape index (κ3) is 3.50. The maximum atomic E-state index is 6.21. The van der Waals surface area contributed by atoms with Gasteiger partial charge in [0.25, 0.3) is 0 Å². The number of nitrogens with zero attached hydrogens (tertiary/aromatic N) is 5. The molecule has 0 amide bonds. The molecule has 0 aliphatic carbocycles. The van der Waals surface area contributed by atoms with E-state index in [0.29, 0.717) is 11.6 Å². The molecule has 0 unspecified atom stereocenters. The summed E-state index contributed by atoms with van der Waals surface area (Å²) in [7, 11) is 0. The second-order valence-electron chi connectivity index (χ2n) is 6.66. The monoisotopic (exact) mass is 400 g/mol.